The van der Waals surface area contributed by atoms with Crippen molar-refractivity contribution in [2.24, 2.45) is 0 Å². The molecule has 0 aliphatic heterocycles. The largest absolute Gasteiger partial charge is 0.416 e. The normalized spacial score (nSPS) is 13.5. The monoisotopic (exact) mass is 392 g/mol. The minimum absolute atomic E-state index is 0.154. The van der Waals surface area contributed by atoms with Gasteiger partial charge in [-0.15, -0.1) is 0 Å². The summed E-state index contributed by atoms with van der Waals surface area (Å²) in [5, 5.41) is 5.57. The molecule has 0 bridgehead atoms. The Morgan fingerprint density at radius 3 is 2.21 bits per heavy atom. The number of benzene rings is 2. The van der Waals surface area contributed by atoms with Gasteiger partial charge >= 0.3 is 6.18 Å². The van der Waals surface area contributed by atoms with Crippen LogP contribution in [-0.2, 0) is 15.8 Å². The number of alkyl halides is 3. The minimum Gasteiger partial charge on any atom is -0.350 e. The smallest absolute Gasteiger partial charge is 0.350 e. The predicted octanol–water partition coefficient (Wildman–Crippen LogP) is 5.03. The molecular weight excluding hydrogens is 369 g/mol. The highest BCUT2D eigenvalue weighted by molar-refractivity contribution is 5.88. The zero-order valence-corrected chi connectivity index (χ0v) is 15.9. The highest BCUT2D eigenvalue weighted by Crippen LogP contribution is 2.30. The van der Waals surface area contributed by atoms with Crippen LogP contribution in [0.4, 0.5) is 18.9 Å². The summed E-state index contributed by atoms with van der Waals surface area (Å²) >= 11 is 0. The fourth-order valence-corrected chi connectivity index (χ4v) is 2.87. The van der Waals surface area contributed by atoms with E-state index in [-0.39, 0.29) is 30.2 Å². The first-order chi connectivity index (χ1) is 13.1. The summed E-state index contributed by atoms with van der Waals surface area (Å²) in [5.41, 5.74) is 1.44. The maximum atomic E-state index is 12.6. The van der Waals surface area contributed by atoms with Gasteiger partial charge < -0.3 is 10.6 Å². The molecule has 2 aromatic rings. The number of nitrogens with one attached hydrogen (secondary N) is 2. The molecule has 0 heterocycles. The van der Waals surface area contributed by atoms with Gasteiger partial charge in [0, 0.05) is 19.0 Å². The van der Waals surface area contributed by atoms with Crippen molar-refractivity contribution in [2.75, 3.05) is 5.32 Å². The summed E-state index contributed by atoms with van der Waals surface area (Å²) in [4.78, 5) is 23.5. The van der Waals surface area contributed by atoms with Crippen molar-refractivity contribution in [1.29, 1.82) is 0 Å². The Balaban J connectivity index is 1.96. The molecular formula is C21H23F3N2O2. The Labute approximate surface area is 162 Å². The van der Waals surface area contributed by atoms with Crippen molar-refractivity contribution in [2.45, 2.75) is 45.3 Å². The van der Waals surface area contributed by atoms with Crippen molar-refractivity contribution < 1.29 is 22.8 Å². The molecule has 2 atom stereocenters. The quantitative estimate of drug-likeness (QED) is 0.724. The lowest BCUT2D eigenvalue weighted by Gasteiger charge is -2.18. The van der Waals surface area contributed by atoms with Crippen LogP contribution >= 0.6 is 0 Å². The molecule has 0 saturated carbocycles. The first-order valence-electron chi connectivity index (χ1n) is 8.90. The second kappa shape index (κ2) is 8.91. The van der Waals surface area contributed by atoms with Gasteiger partial charge in [0.15, 0.2) is 0 Å². The maximum Gasteiger partial charge on any atom is 0.416 e. The summed E-state index contributed by atoms with van der Waals surface area (Å²) in [6, 6.07) is 11.8. The second-order valence-electron chi connectivity index (χ2n) is 6.82. The molecule has 4 nitrogen and oxygen atoms in total. The fourth-order valence-electron chi connectivity index (χ4n) is 2.87. The number of amides is 2. The van der Waals surface area contributed by atoms with Gasteiger partial charge in [0.1, 0.15) is 0 Å². The number of carbonyl (C=O) groups is 2. The van der Waals surface area contributed by atoms with E-state index >= 15 is 0 Å². The van der Waals surface area contributed by atoms with Crippen LogP contribution in [0.5, 0.6) is 0 Å². The predicted molar refractivity (Wildman–Crippen MR) is 102 cm³/mol. The van der Waals surface area contributed by atoms with Crippen molar-refractivity contribution in [3.8, 4) is 0 Å². The highest BCUT2D eigenvalue weighted by Gasteiger charge is 2.30. The molecule has 0 spiro atoms. The SMILES string of the molecule is CC(=O)Nc1cccc(C(C)NC(=O)CC(C)c2ccc(C(F)(F)F)cc2)c1. The molecule has 2 N–H and O–H groups in total. The van der Waals surface area contributed by atoms with Gasteiger partial charge in [0.2, 0.25) is 11.8 Å². The molecule has 0 saturated heterocycles. The van der Waals surface area contributed by atoms with Crippen LogP contribution in [0.1, 0.15) is 55.8 Å². The van der Waals surface area contributed by atoms with Crippen molar-refractivity contribution in [1.82, 2.24) is 5.32 Å². The summed E-state index contributed by atoms with van der Waals surface area (Å²) < 4.78 is 37.9. The lowest BCUT2D eigenvalue weighted by molar-refractivity contribution is -0.137. The van der Waals surface area contributed by atoms with Crippen LogP contribution < -0.4 is 10.6 Å². The van der Waals surface area contributed by atoms with Crippen LogP contribution in [0.3, 0.4) is 0 Å². The van der Waals surface area contributed by atoms with Gasteiger partial charge in [-0.1, -0.05) is 31.2 Å². The van der Waals surface area contributed by atoms with Gasteiger partial charge in [-0.05, 0) is 48.2 Å². The second-order valence-corrected chi connectivity index (χ2v) is 6.82. The number of halogens is 3. The zero-order chi connectivity index (χ0) is 20.9. The Morgan fingerprint density at radius 2 is 1.64 bits per heavy atom. The lowest BCUT2D eigenvalue weighted by atomic mass is 9.96. The molecule has 2 rings (SSSR count). The highest BCUT2D eigenvalue weighted by atomic mass is 19.4. The summed E-state index contributed by atoms with van der Waals surface area (Å²) in [6.07, 6.45) is -4.22. The number of anilines is 1. The molecule has 0 fully saturated rings. The standard InChI is InChI=1S/C21H23F3N2O2/c1-13(16-7-9-18(10-8-16)21(22,23)24)11-20(28)25-14(2)17-5-4-6-19(12-17)26-15(3)27/h4-10,12-14H,11H2,1-3H3,(H,25,28)(H,26,27). The molecule has 2 amide bonds. The third-order valence-corrected chi connectivity index (χ3v) is 4.38. The van der Waals surface area contributed by atoms with Crippen LogP contribution in [0.25, 0.3) is 0 Å². The molecule has 28 heavy (non-hydrogen) atoms. The van der Waals surface area contributed by atoms with Gasteiger partial charge in [-0.2, -0.15) is 13.2 Å². The third kappa shape index (κ3) is 6.11. The average Bonchev–Trinajstić information content (AvgIpc) is 2.60. The fraction of sp³-hybridized carbons (Fsp3) is 0.333. The molecule has 0 radical (unpaired) electrons. The van der Waals surface area contributed by atoms with Crippen LogP contribution in [0.2, 0.25) is 0 Å². The van der Waals surface area contributed by atoms with E-state index in [0.29, 0.717) is 11.3 Å². The molecule has 150 valence electrons. The lowest BCUT2D eigenvalue weighted by Crippen LogP contribution is -2.27. The van der Waals surface area contributed by atoms with E-state index in [0.717, 1.165) is 17.7 Å². The Bertz CT molecular complexity index is 832. The maximum absolute atomic E-state index is 12.6. The average molecular weight is 392 g/mol. The minimum atomic E-state index is -4.37. The van der Waals surface area contributed by atoms with Gasteiger partial charge in [-0.3, -0.25) is 9.59 Å². The molecule has 2 unspecified atom stereocenters. The molecule has 0 aromatic heterocycles. The van der Waals surface area contributed by atoms with Crippen LogP contribution in [0.15, 0.2) is 48.5 Å². The van der Waals surface area contributed by atoms with E-state index < -0.39 is 11.7 Å². The topological polar surface area (TPSA) is 58.2 Å². The van der Waals surface area contributed by atoms with Gasteiger partial charge in [-0.25, -0.2) is 0 Å². The number of rotatable bonds is 6. The third-order valence-electron chi connectivity index (χ3n) is 4.38. The van der Waals surface area contributed by atoms with E-state index in [4.69, 9.17) is 0 Å². The summed E-state index contributed by atoms with van der Waals surface area (Å²) in [5.74, 6) is -0.607. The molecule has 7 heteroatoms. The molecule has 2 aromatic carbocycles. The van der Waals surface area contributed by atoms with E-state index in [1.807, 2.05) is 13.0 Å². The zero-order valence-electron chi connectivity index (χ0n) is 15.9. The number of hydrogen-bond acceptors (Lipinski definition) is 2. The molecule has 0 aliphatic rings. The Hall–Kier alpha value is -2.83. The van der Waals surface area contributed by atoms with Crippen molar-refractivity contribution >= 4 is 17.5 Å². The van der Waals surface area contributed by atoms with Crippen molar-refractivity contribution in [3.63, 3.8) is 0 Å². The number of carbonyl (C=O) groups excluding carboxylic acids is 2. The number of hydrogen-bond donors (Lipinski definition) is 2. The van der Waals surface area contributed by atoms with E-state index in [1.165, 1.54) is 19.1 Å². The van der Waals surface area contributed by atoms with Gasteiger partial charge in [0.25, 0.3) is 0 Å². The van der Waals surface area contributed by atoms with Gasteiger partial charge in [0.05, 0.1) is 11.6 Å². The first kappa shape index (κ1) is 21.5. The van der Waals surface area contributed by atoms with E-state index in [2.05, 4.69) is 10.6 Å². The Kier molecular flexibility index (Phi) is 6.83. The Morgan fingerprint density at radius 1 is 1.00 bits per heavy atom. The van der Waals surface area contributed by atoms with Crippen LogP contribution in [-0.4, -0.2) is 11.8 Å². The van der Waals surface area contributed by atoms with Crippen LogP contribution in [0, 0.1) is 0 Å². The summed E-state index contributed by atoms with van der Waals surface area (Å²) in [7, 11) is 0. The van der Waals surface area contributed by atoms with E-state index in [1.54, 1.807) is 25.1 Å². The molecule has 0 aliphatic carbocycles. The van der Waals surface area contributed by atoms with Crippen molar-refractivity contribution in [3.05, 3.63) is 65.2 Å². The first-order valence-corrected chi connectivity index (χ1v) is 8.90. The van der Waals surface area contributed by atoms with E-state index in [9.17, 15) is 22.8 Å². The summed E-state index contributed by atoms with van der Waals surface area (Å²) in [6.45, 7) is 5.04.